The van der Waals surface area contributed by atoms with Crippen LogP contribution in [0.25, 0.3) is 10.2 Å². The minimum Gasteiger partial charge on any atom is -0.325 e. The number of rotatable bonds is 5. The second-order valence-corrected chi connectivity index (χ2v) is 9.03. The zero-order valence-electron chi connectivity index (χ0n) is 14.7. The Labute approximate surface area is 169 Å². The molecule has 0 fully saturated rings. The maximum absolute atomic E-state index is 12.4. The Morgan fingerprint density at radius 3 is 3.07 bits per heavy atom. The van der Waals surface area contributed by atoms with Gasteiger partial charge in [-0.1, -0.05) is 17.7 Å². The van der Waals surface area contributed by atoms with Crippen LogP contribution in [0.3, 0.4) is 0 Å². The number of aromatic amines is 1. The Bertz CT molecular complexity index is 1090. The van der Waals surface area contributed by atoms with E-state index < -0.39 is 0 Å². The second-order valence-electron chi connectivity index (χ2n) is 6.56. The van der Waals surface area contributed by atoms with Gasteiger partial charge in [-0.2, -0.15) is 0 Å². The van der Waals surface area contributed by atoms with E-state index in [1.165, 1.54) is 22.2 Å². The second kappa shape index (κ2) is 7.66. The molecule has 0 unspecified atom stereocenters. The van der Waals surface area contributed by atoms with Gasteiger partial charge >= 0.3 is 0 Å². The number of fused-ring (bicyclic) bond motifs is 3. The molecule has 1 aliphatic rings. The largest absolute Gasteiger partial charge is 0.325 e. The van der Waals surface area contributed by atoms with Crippen molar-refractivity contribution in [3.05, 3.63) is 55.4 Å². The first-order valence-electron chi connectivity index (χ1n) is 8.68. The number of amides is 1. The Morgan fingerprint density at radius 1 is 1.41 bits per heavy atom. The number of aryl methyl sites for hydroxylation is 3. The smallest absolute Gasteiger partial charge is 0.259 e. The number of hydrogen-bond acceptors (Lipinski definition) is 5. The van der Waals surface area contributed by atoms with E-state index in [2.05, 4.69) is 15.3 Å². The van der Waals surface area contributed by atoms with Gasteiger partial charge in [0.25, 0.3) is 5.56 Å². The molecule has 1 amide bonds. The molecule has 0 aliphatic heterocycles. The quantitative estimate of drug-likeness (QED) is 0.646. The standard InChI is InChI=1S/C19H18ClN3O2S2/c1-10-5-6-11(7-13(10)20)21-16(24)9-26-8-15-22-18(25)17-12-3-2-4-14(12)27-19(17)23-15/h5-7H,2-4,8-9H2,1H3,(H,21,24)(H,22,23,25). The Hall–Kier alpha value is -1.83. The Balaban J connectivity index is 1.38. The number of halogens is 1. The normalized spacial score (nSPS) is 13.1. The molecular weight excluding hydrogens is 402 g/mol. The van der Waals surface area contributed by atoms with Crippen molar-refractivity contribution in [2.24, 2.45) is 0 Å². The van der Waals surface area contributed by atoms with Gasteiger partial charge in [0, 0.05) is 15.6 Å². The fourth-order valence-electron chi connectivity index (χ4n) is 3.22. The maximum Gasteiger partial charge on any atom is 0.259 e. The highest BCUT2D eigenvalue weighted by Crippen LogP contribution is 2.34. The average molecular weight is 420 g/mol. The lowest BCUT2D eigenvalue weighted by Crippen LogP contribution is -2.15. The molecule has 2 aromatic heterocycles. The molecule has 0 saturated heterocycles. The zero-order valence-corrected chi connectivity index (χ0v) is 17.1. The van der Waals surface area contributed by atoms with Crippen LogP contribution in [0.1, 0.15) is 28.2 Å². The fraction of sp³-hybridized carbons (Fsp3) is 0.316. The lowest BCUT2D eigenvalue weighted by atomic mass is 10.2. The van der Waals surface area contributed by atoms with Crippen LogP contribution in [0, 0.1) is 6.92 Å². The number of nitrogens with zero attached hydrogens (tertiary/aromatic N) is 1. The van der Waals surface area contributed by atoms with E-state index in [4.69, 9.17) is 11.6 Å². The molecule has 0 saturated carbocycles. The summed E-state index contributed by atoms with van der Waals surface area (Å²) in [6, 6.07) is 5.43. The lowest BCUT2D eigenvalue weighted by molar-refractivity contribution is -0.113. The number of carbonyl (C=O) groups excluding carboxylic acids is 1. The third kappa shape index (κ3) is 3.90. The summed E-state index contributed by atoms with van der Waals surface area (Å²) in [7, 11) is 0. The van der Waals surface area contributed by atoms with Crippen molar-refractivity contribution in [2.75, 3.05) is 11.1 Å². The van der Waals surface area contributed by atoms with E-state index in [0.717, 1.165) is 35.0 Å². The van der Waals surface area contributed by atoms with Crippen molar-refractivity contribution >= 4 is 56.5 Å². The predicted octanol–water partition coefficient (Wildman–Crippen LogP) is 4.31. The van der Waals surface area contributed by atoms with E-state index >= 15 is 0 Å². The Morgan fingerprint density at radius 2 is 2.26 bits per heavy atom. The molecule has 0 atom stereocenters. The number of thioether (sulfide) groups is 1. The highest BCUT2D eigenvalue weighted by atomic mass is 35.5. The van der Waals surface area contributed by atoms with Crippen molar-refractivity contribution < 1.29 is 4.79 Å². The van der Waals surface area contributed by atoms with Crippen molar-refractivity contribution in [2.45, 2.75) is 31.9 Å². The van der Waals surface area contributed by atoms with E-state index in [1.54, 1.807) is 17.4 Å². The van der Waals surface area contributed by atoms with Gasteiger partial charge in [-0.15, -0.1) is 23.1 Å². The van der Waals surface area contributed by atoms with Crippen LogP contribution in [-0.4, -0.2) is 21.6 Å². The van der Waals surface area contributed by atoms with Gasteiger partial charge < -0.3 is 10.3 Å². The maximum atomic E-state index is 12.4. The van der Waals surface area contributed by atoms with E-state index in [-0.39, 0.29) is 17.2 Å². The number of benzene rings is 1. The summed E-state index contributed by atoms with van der Waals surface area (Å²) >= 11 is 9.12. The molecule has 0 bridgehead atoms. The fourth-order valence-corrected chi connectivity index (χ4v) is 5.37. The monoisotopic (exact) mass is 419 g/mol. The molecule has 140 valence electrons. The SMILES string of the molecule is Cc1ccc(NC(=O)CSCc2nc3sc4c(c3c(=O)[nH]2)CCC4)cc1Cl. The van der Waals surface area contributed by atoms with E-state index in [1.807, 2.05) is 19.1 Å². The van der Waals surface area contributed by atoms with Crippen LogP contribution in [0.15, 0.2) is 23.0 Å². The summed E-state index contributed by atoms with van der Waals surface area (Å²) in [5.41, 5.74) is 2.76. The molecule has 8 heteroatoms. The molecule has 1 aliphatic carbocycles. The summed E-state index contributed by atoms with van der Waals surface area (Å²) in [5.74, 6) is 1.26. The summed E-state index contributed by atoms with van der Waals surface area (Å²) in [6.45, 7) is 1.91. The molecule has 2 N–H and O–H groups in total. The molecular formula is C19H18ClN3O2S2. The van der Waals surface area contributed by atoms with Crippen molar-refractivity contribution in [3.63, 3.8) is 0 Å². The third-order valence-electron chi connectivity index (χ3n) is 4.55. The minimum absolute atomic E-state index is 0.0613. The number of hydrogen-bond donors (Lipinski definition) is 2. The van der Waals surface area contributed by atoms with Crippen LogP contribution >= 0.6 is 34.7 Å². The van der Waals surface area contributed by atoms with Crippen LogP contribution in [0.5, 0.6) is 0 Å². The summed E-state index contributed by atoms with van der Waals surface area (Å²) < 4.78 is 0. The number of thiophene rings is 1. The van der Waals surface area contributed by atoms with Gasteiger partial charge in [0.2, 0.25) is 5.91 Å². The molecule has 0 radical (unpaired) electrons. The zero-order chi connectivity index (χ0) is 19.0. The van der Waals surface area contributed by atoms with E-state index in [9.17, 15) is 9.59 Å². The van der Waals surface area contributed by atoms with Crippen molar-refractivity contribution in [3.8, 4) is 0 Å². The van der Waals surface area contributed by atoms with Gasteiger partial charge in [0.05, 0.1) is 16.9 Å². The summed E-state index contributed by atoms with van der Waals surface area (Å²) in [6.07, 6.45) is 3.13. The highest BCUT2D eigenvalue weighted by Gasteiger charge is 2.21. The first-order valence-corrected chi connectivity index (χ1v) is 11.0. The van der Waals surface area contributed by atoms with Gasteiger partial charge in [-0.05, 0) is 49.4 Å². The number of anilines is 1. The van der Waals surface area contributed by atoms with Gasteiger partial charge in [0.15, 0.2) is 0 Å². The molecule has 1 aromatic carbocycles. The molecule has 27 heavy (non-hydrogen) atoms. The van der Waals surface area contributed by atoms with Crippen molar-refractivity contribution in [1.82, 2.24) is 9.97 Å². The topological polar surface area (TPSA) is 74.8 Å². The lowest BCUT2D eigenvalue weighted by Gasteiger charge is -2.07. The predicted molar refractivity (Wildman–Crippen MR) is 113 cm³/mol. The van der Waals surface area contributed by atoms with E-state index in [0.29, 0.717) is 22.3 Å². The van der Waals surface area contributed by atoms with Gasteiger partial charge in [-0.3, -0.25) is 9.59 Å². The number of carbonyl (C=O) groups is 1. The van der Waals surface area contributed by atoms with Crippen LogP contribution in [0.2, 0.25) is 5.02 Å². The molecule has 5 nitrogen and oxygen atoms in total. The van der Waals surface area contributed by atoms with Crippen LogP contribution in [0.4, 0.5) is 5.69 Å². The average Bonchev–Trinajstić information content (AvgIpc) is 3.18. The third-order valence-corrected chi connectivity index (χ3v) is 7.09. The van der Waals surface area contributed by atoms with Crippen LogP contribution in [-0.2, 0) is 23.4 Å². The van der Waals surface area contributed by atoms with Crippen molar-refractivity contribution in [1.29, 1.82) is 0 Å². The first-order chi connectivity index (χ1) is 13.0. The number of aromatic nitrogens is 2. The first kappa shape index (κ1) is 18.5. The Kier molecular flexibility index (Phi) is 5.25. The van der Waals surface area contributed by atoms with Gasteiger partial charge in [-0.25, -0.2) is 4.98 Å². The molecule has 2 heterocycles. The molecule has 3 aromatic rings. The minimum atomic E-state index is -0.113. The molecule has 4 rings (SSSR count). The molecule has 0 spiro atoms. The highest BCUT2D eigenvalue weighted by molar-refractivity contribution is 7.99. The van der Waals surface area contributed by atoms with Crippen LogP contribution < -0.4 is 10.9 Å². The number of H-pyrrole nitrogens is 1. The summed E-state index contributed by atoms with van der Waals surface area (Å²) in [5, 5.41) is 4.21. The summed E-state index contributed by atoms with van der Waals surface area (Å²) in [4.78, 5) is 34.1. The van der Waals surface area contributed by atoms with Gasteiger partial charge in [0.1, 0.15) is 10.7 Å². The number of nitrogens with one attached hydrogen (secondary N) is 2.